The minimum Gasteiger partial charge on any atom is -0.331 e. The van der Waals surface area contributed by atoms with E-state index < -0.39 is 0 Å². The number of hydrogen-bond donors (Lipinski definition) is 0. The van der Waals surface area contributed by atoms with Crippen LogP contribution in [0.3, 0.4) is 0 Å². The molecule has 0 atom stereocenters. The number of rotatable bonds is 6. The summed E-state index contributed by atoms with van der Waals surface area (Å²) in [7, 11) is 0. The van der Waals surface area contributed by atoms with Crippen molar-refractivity contribution in [3.05, 3.63) is 155 Å². The fourth-order valence-corrected chi connectivity index (χ4v) is 5.79. The molecule has 3 heteroatoms. The molecule has 0 radical (unpaired) electrons. The molecule has 2 heterocycles. The third kappa shape index (κ3) is 5.37. The molecule has 37 heavy (non-hydrogen) atoms. The Balaban J connectivity index is 0.00000280. The number of allylic oxidation sites excluding steroid dienone is 2. The van der Waals surface area contributed by atoms with Crippen molar-refractivity contribution in [1.29, 1.82) is 0 Å². The van der Waals surface area contributed by atoms with Gasteiger partial charge in [0.05, 0.1) is 16.1 Å². The molecule has 5 aromatic rings. The van der Waals surface area contributed by atoms with Crippen molar-refractivity contribution in [3.8, 4) is 0 Å². The second-order valence-electron chi connectivity index (χ2n) is 8.91. The molecule has 0 spiro atoms. The van der Waals surface area contributed by atoms with Gasteiger partial charge in [-0.05, 0) is 35.4 Å². The van der Waals surface area contributed by atoms with Crippen LogP contribution >= 0.6 is 11.8 Å². The smallest absolute Gasteiger partial charge is 0.213 e. The topological polar surface area (TPSA) is 7.12 Å². The van der Waals surface area contributed by atoms with Gasteiger partial charge in [-0.2, -0.15) is 4.57 Å². The van der Waals surface area contributed by atoms with Gasteiger partial charge in [0.25, 0.3) is 0 Å². The molecule has 0 saturated carbocycles. The lowest BCUT2D eigenvalue weighted by molar-refractivity contribution is -0.662. The Morgan fingerprint density at radius 3 is 2.19 bits per heavy atom. The van der Waals surface area contributed by atoms with Crippen LogP contribution in [0, 0.1) is 0 Å². The molecule has 1 aromatic heterocycles. The van der Waals surface area contributed by atoms with Crippen LogP contribution in [0.1, 0.15) is 24.1 Å². The SMILES string of the molecule is C.C(=Cc1cc[n+](Cc2ccccc2)c2ccccc12)C=C1Sc2ccccc2N1Cc1ccccc1. The Morgan fingerprint density at radius 2 is 1.38 bits per heavy atom. The maximum absolute atomic E-state index is 2.41. The number of para-hydroxylation sites is 2. The second kappa shape index (κ2) is 11.3. The third-order valence-corrected chi connectivity index (χ3v) is 7.62. The van der Waals surface area contributed by atoms with Crippen molar-refractivity contribution in [2.75, 3.05) is 4.90 Å². The minimum atomic E-state index is 0. The zero-order valence-electron chi connectivity index (χ0n) is 20.0. The molecule has 0 N–H and O–H groups in total. The van der Waals surface area contributed by atoms with Gasteiger partial charge in [0, 0.05) is 29.1 Å². The van der Waals surface area contributed by atoms with Gasteiger partial charge in [0.2, 0.25) is 5.52 Å². The molecule has 6 rings (SSSR count). The largest absolute Gasteiger partial charge is 0.331 e. The summed E-state index contributed by atoms with van der Waals surface area (Å²) in [6.45, 7) is 1.72. The van der Waals surface area contributed by atoms with E-state index in [1.807, 2.05) is 11.8 Å². The van der Waals surface area contributed by atoms with Crippen LogP contribution in [-0.2, 0) is 13.1 Å². The first-order valence-corrected chi connectivity index (χ1v) is 13.1. The molecule has 0 fully saturated rings. The van der Waals surface area contributed by atoms with Gasteiger partial charge in [-0.1, -0.05) is 116 Å². The van der Waals surface area contributed by atoms with E-state index in [-0.39, 0.29) is 7.43 Å². The van der Waals surface area contributed by atoms with Gasteiger partial charge >= 0.3 is 0 Å². The molecule has 1 aliphatic rings. The molecule has 4 aromatic carbocycles. The Morgan fingerprint density at radius 1 is 0.703 bits per heavy atom. The predicted molar refractivity (Wildman–Crippen MR) is 158 cm³/mol. The number of fused-ring (bicyclic) bond motifs is 2. The van der Waals surface area contributed by atoms with Gasteiger partial charge < -0.3 is 4.90 Å². The lowest BCUT2D eigenvalue weighted by Gasteiger charge is -2.20. The van der Waals surface area contributed by atoms with Crippen LogP contribution in [0.2, 0.25) is 0 Å². The lowest BCUT2D eigenvalue weighted by atomic mass is 10.1. The minimum absolute atomic E-state index is 0. The molecular formula is C34H31N2S+. The van der Waals surface area contributed by atoms with Crippen molar-refractivity contribution < 1.29 is 4.57 Å². The summed E-state index contributed by atoms with van der Waals surface area (Å²) in [6.07, 6.45) is 8.86. The summed E-state index contributed by atoms with van der Waals surface area (Å²) in [5.41, 5.74) is 6.35. The number of benzene rings is 4. The van der Waals surface area contributed by atoms with E-state index in [1.165, 1.54) is 43.2 Å². The summed E-state index contributed by atoms with van der Waals surface area (Å²) in [4.78, 5) is 3.72. The van der Waals surface area contributed by atoms with Crippen LogP contribution in [-0.4, -0.2) is 0 Å². The number of thioether (sulfide) groups is 1. The second-order valence-corrected chi connectivity index (χ2v) is 9.97. The quantitative estimate of drug-likeness (QED) is 0.216. The number of hydrogen-bond acceptors (Lipinski definition) is 2. The Kier molecular flexibility index (Phi) is 7.53. The molecule has 0 amide bonds. The summed E-state index contributed by atoms with van der Waals surface area (Å²) in [6, 6.07) is 40.9. The van der Waals surface area contributed by atoms with Crippen LogP contribution in [0.15, 0.2) is 144 Å². The van der Waals surface area contributed by atoms with Gasteiger partial charge in [0.15, 0.2) is 12.7 Å². The lowest BCUT2D eigenvalue weighted by Crippen LogP contribution is -2.34. The number of pyridine rings is 1. The highest BCUT2D eigenvalue weighted by atomic mass is 32.2. The van der Waals surface area contributed by atoms with E-state index in [2.05, 4.69) is 149 Å². The van der Waals surface area contributed by atoms with E-state index in [9.17, 15) is 0 Å². The van der Waals surface area contributed by atoms with Gasteiger partial charge in [-0.25, -0.2) is 0 Å². The monoisotopic (exact) mass is 499 g/mol. The fourth-order valence-electron chi connectivity index (χ4n) is 4.71. The fraction of sp³-hybridized carbons (Fsp3) is 0.0882. The molecule has 2 nitrogen and oxygen atoms in total. The van der Waals surface area contributed by atoms with Crippen molar-refractivity contribution in [3.63, 3.8) is 0 Å². The van der Waals surface area contributed by atoms with Crippen molar-refractivity contribution >= 4 is 34.4 Å². The average molecular weight is 500 g/mol. The summed E-state index contributed by atoms with van der Waals surface area (Å²) in [5, 5.41) is 2.50. The van der Waals surface area contributed by atoms with Crippen LogP contribution in [0.5, 0.6) is 0 Å². The summed E-state index contributed by atoms with van der Waals surface area (Å²) >= 11 is 1.84. The Labute approximate surface area is 224 Å². The van der Waals surface area contributed by atoms with E-state index >= 15 is 0 Å². The molecule has 0 aliphatic carbocycles. The highest BCUT2D eigenvalue weighted by Gasteiger charge is 2.24. The summed E-state index contributed by atoms with van der Waals surface area (Å²) in [5.74, 6) is 0. The van der Waals surface area contributed by atoms with Crippen LogP contribution < -0.4 is 9.47 Å². The first kappa shape index (κ1) is 24.6. The van der Waals surface area contributed by atoms with E-state index in [1.54, 1.807) is 0 Å². The maximum atomic E-state index is 2.41. The Hall–Kier alpha value is -4.08. The maximum Gasteiger partial charge on any atom is 0.213 e. The number of anilines is 1. The van der Waals surface area contributed by atoms with Crippen LogP contribution in [0.4, 0.5) is 5.69 Å². The zero-order chi connectivity index (χ0) is 24.2. The highest BCUT2D eigenvalue weighted by Crippen LogP contribution is 2.46. The van der Waals surface area contributed by atoms with Gasteiger partial charge in [-0.3, -0.25) is 0 Å². The van der Waals surface area contributed by atoms with Crippen molar-refractivity contribution in [2.24, 2.45) is 0 Å². The van der Waals surface area contributed by atoms with E-state index in [0.29, 0.717) is 0 Å². The highest BCUT2D eigenvalue weighted by molar-refractivity contribution is 8.03. The van der Waals surface area contributed by atoms with E-state index in [4.69, 9.17) is 0 Å². The Bertz CT molecular complexity index is 1560. The van der Waals surface area contributed by atoms with E-state index in [0.717, 1.165) is 13.1 Å². The normalized spacial score (nSPS) is 13.7. The van der Waals surface area contributed by atoms with Gasteiger partial charge in [-0.15, -0.1) is 0 Å². The number of aromatic nitrogens is 1. The molecular weight excluding hydrogens is 468 g/mol. The third-order valence-electron chi connectivity index (χ3n) is 6.49. The van der Waals surface area contributed by atoms with Crippen molar-refractivity contribution in [1.82, 2.24) is 0 Å². The van der Waals surface area contributed by atoms with Crippen LogP contribution in [0.25, 0.3) is 17.0 Å². The average Bonchev–Trinajstić information content (AvgIpc) is 3.28. The molecule has 1 aliphatic heterocycles. The summed E-state index contributed by atoms with van der Waals surface area (Å²) < 4.78 is 2.32. The molecule has 0 bridgehead atoms. The number of nitrogens with zero attached hydrogens (tertiary/aromatic N) is 2. The molecule has 0 saturated heterocycles. The standard InChI is InChI=1S/C33H27N2S.CH4/c1-3-12-26(13-4-1)24-34-23-22-28(29-17-7-8-18-30(29)34)16-11-21-33-35(25-27-14-5-2-6-15-27)31-19-9-10-20-32(31)36-33;/h1-23H,24-25H2;1H4/q+1;. The van der Waals surface area contributed by atoms with Crippen molar-refractivity contribution in [2.45, 2.75) is 25.4 Å². The first-order chi connectivity index (χ1) is 17.8. The zero-order valence-corrected chi connectivity index (χ0v) is 20.8. The molecule has 0 unspecified atom stereocenters. The molecule has 182 valence electrons. The first-order valence-electron chi connectivity index (χ1n) is 12.3. The van der Waals surface area contributed by atoms with Gasteiger partial charge in [0.1, 0.15) is 0 Å². The predicted octanol–water partition coefficient (Wildman–Crippen LogP) is 8.48.